The highest BCUT2D eigenvalue weighted by Gasteiger charge is 2.32. The van der Waals surface area contributed by atoms with Crippen LogP contribution >= 0.6 is 0 Å². The summed E-state index contributed by atoms with van der Waals surface area (Å²) >= 11 is 0. The Bertz CT molecular complexity index is 282. The number of halogens is 3. The van der Waals surface area contributed by atoms with Crippen LogP contribution in [0.25, 0.3) is 0 Å². The van der Waals surface area contributed by atoms with Gasteiger partial charge in [0.25, 0.3) is 0 Å². The van der Waals surface area contributed by atoms with Gasteiger partial charge in [0.05, 0.1) is 6.54 Å². The van der Waals surface area contributed by atoms with Crippen molar-refractivity contribution in [1.82, 2.24) is 15.1 Å². The number of hydrogen-bond donors (Lipinski definition) is 1. The molecule has 0 bridgehead atoms. The van der Waals surface area contributed by atoms with Crippen molar-refractivity contribution in [2.24, 2.45) is 5.41 Å². The standard InChI is InChI=1S/C14H28F3N3/c1-13(2,10-19(3)4)9-18-12-5-7-20(8-6-12)11-14(15,16)17/h12,18H,5-11H2,1-4H3. The zero-order chi connectivity index (χ0) is 15.4. The average molecular weight is 295 g/mol. The van der Waals surface area contributed by atoms with E-state index in [4.69, 9.17) is 0 Å². The molecule has 0 saturated carbocycles. The molecule has 1 aliphatic heterocycles. The third kappa shape index (κ3) is 7.45. The number of alkyl halides is 3. The van der Waals surface area contributed by atoms with Crippen molar-refractivity contribution in [2.75, 3.05) is 46.8 Å². The summed E-state index contributed by atoms with van der Waals surface area (Å²) in [5.74, 6) is 0. The molecule has 0 aromatic carbocycles. The van der Waals surface area contributed by atoms with Crippen molar-refractivity contribution < 1.29 is 13.2 Å². The molecule has 0 aliphatic carbocycles. The van der Waals surface area contributed by atoms with E-state index in [1.165, 1.54) is 4.90 Å². The Morgan fingerprint density at radius 1 is 1.15 bits per heavy atom. The zero-order valence-corrected chi connectivity index (χ0v) is 13.1. The molecule has 0 radical (unpaired) electrons. The van der Waals surface area contributed by atoms with Gasteiger partial charge in [-0.2, -0.15) is 13.2 Å². The Kier molecular flexibility index (Phi) is 6.28. The smallest absolute Gasteiger partial charge is 0.313 e. The monoisotopic (exact) mass is 295 g/mol. The highest BCUT2D eigenvalue weighted by atomic mass is 19.4. The van der Waals surface area contributed by atoms with E-state index in [1.54, 1.807) is 0 Å². The van der Waals surface area contributed by atoms with Crippen LogP contribution in [0.1, 0.15) is 26.7 Å². The minimum Gasteiger partial charge on any atom is -0.313 e. The molecule has 0 aromatic rings. The number of nitrogens with one attached hydrogen (secondary N) is 1. The summed E-state index contributed by atoms with van der Waals surface area (Å²) in [6, 6.07) is 0.348. The van der Waals surface area contributed by atoms with Crippen LogP contribution in [0.2, 0.25) is 0 Å². The third-order valence-corrected chi connectivity index (χ3v) is 3.60. The lowest BCUT2D eigenvalue weighted by Crippen LogP contribution is -2.48. The quantitative estimate of drug-likeness (QED) is 0.810. The molecule has 1 fully saturated rings. The Hall–Kier alpha value is -0.330. The molecule has 0 amide bonds. The van der Waals surface area contributed by atoms with E-state index in [9.17, 15) is 13.2 Å². The second-order valence-electron chi connectivity index (χ2n) is 6.95. The molecule has 0 aromatic heterocycles. The molecule has 0 atom stereocenters. The van der Waals surface area contributed by atoms with Gasteiger partial charge in [-0.3, -0.25) is 4.90 Å². The summed E-state index contributed by atoms with van der Waals surface area (Å²) in [5.41, 5.74) is 0.173. The van der Waals surface area contributed by atoms with E-state index in [2.05, 4.69) is 38.2 Å². The Labute approximate surface area is 120 Å². The van der Waals surface area contributed by atoms with Gasteiger partial charge in [0.2, 0.25) is 0 Å². The zero-order valence-electron chi connectivity index (χ0n) is 13.1. The fourth-order valence-electron chi connectivity index (χ4n) is 2.88. The Morgan fingerprint density at radius 2 is 1.70 bits per heavy atom. The van der Waals surface area contributed by atoms with Gasteiger partial charge in [-0.05, 0) is 45.4 Å². The summed E-state index contributed by atoms with van der Waals surface area (Å²) in [4.78, 5) is 3.66. The molecular weight excluding hydrogens is 267 g/mol. The summed E-state index contributed by atoms with van der Waals surface area (Å²) in [6.07, 6.45) is -2.48. The minimum atomic E-state index is -4.08. The van der Waals surface area contributed by atoms with Crippen LogP contribution < -0.4 is 5.32 Å². The lowest BCUT2D eigenvalue weighted by Gasteiger charge is -2.35. The van der Waals surface area contributed by atoms with Crippen molar-refractivity contribution in [3.63, 3.8) is 0 Å². The van der Waals surface area contributed by atoms with Gasteiger partial charge in [-0.15, -0.1) is 0 Å². The van der Waals surface area contributed by atoms with E-state index in [0.717, 1.165) is 25.9 Å². The number of nitrogens with zero attached hydrogens (tertiary/aromatic N) is 2. The SMILES string of the molecule is CN(C)CC(C)(C)CNC1CCN(CC(F)(F)F)CC1. The van der Waals surface area contributed by atoms with E-state index in [0.29, 0.717) is 19.1 Å². The number of rotatable bonds is 6. The van der Waals surface area contributed by atoms with Crippen LogP contribution in [0.5, 0.6) is 0 Å². The minimum absolute atomic E-state index is 0.173. The fraction of sp³-hybridized carbons (Fsp3) is 1.00. The van der Waals surface area contributed by atoms with Crippen LogP contribution in [-0.2, 0) is 0 Å². The summed E-state index contributed by atoms with van der Waals surface area (Å²) in [6.45, 7) is 6.60. The van der Waals surface area contributed by atoms with Crippen molar-refractivity contribution >= 4 is 0 Å². The normalized spacial score (nSPS) is 19.8. The molecule has 120 valence electrons. The van der Waals surface area contributed by atoms with Crippen molar-refractivity contribution in [1.29, 1.82) is 0 Å². The van der Waals surface area contributed by atoms with Crippen LogP contribution in [0, 0.1) is 5.41 Å². The molecule has 1 rings (SSSR count). The maximum absolute atomic E-state index is 12.3. The van der Waals surface area contributed by atoms with Gasteiger partial charge >= 0.3 is 6.18 Å². The van der Waals surface area contributed by atoms with E-state index in [-0.39, 0.29) is 5.41 Å². The third-order valence-electron chi connectivity index (χ3n) is 3.60. The van der Waals surface area contributed by atoms with Crippen LogP contribution in [-0.4, -0.2) is 68.8 Å². The highest BCUT2D eigenvalue weighted by molar-refractivity contribution is 4.82. The number of hydrogen-bond acceptors (Lipinski definition) is 3. The predicted octanol–water partition coefficient (Wildman–Crippen LogP) is 2.19. The maximum Gasteiger partial charge on any atom is 0.401 e. The van der Waals surface area contributed by atoms with Gasteiger partial charge in [-0.25, -0.2) is 0 Å². The first-order chi connectivity index (χ1) is 9.07. The summed E-state index contributed by atoms with van der Waals surface area (Å²) < 4.78 is 36.9. The van der Waals surface area contributed by atoms with Crippen LogP contribution in [0.4, 0.5) is 13.2 Å². The lowest BCUT2D eigenvalue weighted by atomic mass is 9.92. The first kappa shape index (κ1) is 17.7. The molecule has 3 nitrogen and oxygen atoms in total. The van der Waals surface area contributed by atoms with E-state index >= 15 is 0 Å². The van der Waals surface area contributed by atoms with Gasteiger partial charge in [0, 0.05) is 19.1 Å². The van der Waals surface area contributed by atoms with Gasteiger partial charge in [0.15, 0.2) is 0 Å². The molecule has 1 heterocycles. The molecular formula is C14H28F3N3. The Morgan fingerprint density at radius 3 is 2.15 bits per heavy atom. The lowest BCUT2D eigenvalue weighted by molar-refractivity contribution is -0.148. The van der Waals surface area contributed by atoms with Gasteiger partial charge in [-0.1, -0.05) is 13.8 Å². The predicted molar refractivity (Wildman–Crippen MR) is 75.9 cm³/mol. The molecule has 1 aliphatic rings. The maximum atomic E-state index is 12.3. The van der Waals surface area contributed by atoms with Crippen molar-refractivity contribution in [3.05, 3.63) is 0 Å². The second-order valence-corrected chi connectivity index (χ2v) is 6.95. The van der Waals surface area contributed by atoms with E-state index in [1.807, 2.05) is 0 Å². The van der Waals surface area contributed by atoms with Crippen molar-refractivity contribution in [2.45, 2.75) is 38.9 Å². The fourth-order valence-corrected chi connectivity index (χ4v) is 2.88. The summed E-state index contributed by atoms with van der Waals surface area (Å²) in [5, 5.41) is 3.52. The average Bonchev–Trinajstić information content (AvgIpc) is 2.24. The first-order valence-electron chi connectivity index (χ1n) is 7.25. The van der Waals surface area contributed by atoms with Crippen LogP contribution in [0.15, 0.2) is 0 Å². The number of piperidine rings is 1. The second kappa shape index (κ2) is 7.09. The molecule has 1 saturated heterocycles. The molecule has 1 N–H and O–H groups in total. The largest absolute Gasteiger partial charge is 0.401 e. The Balaban J connectivity index is 2.26. The molecule has 6 heteroatoms. The van der Waals surface area contributed by atoms with Crippen LogP contribution in [0.3, 0.4) is 0 Å². The van der Waals surface area contributed by atoms with E-state index < -0.39 is 12.7 Å². The highest BCUT2D eigenvalue weighted by Crippen LogP contribution is 2.21. The topological polar surface area (TPSA) is 18.5 Å². The molecule has 20 heavy (non-hydrogen) atoms. The number of likely N-dealkylation sites (tertiary alicyclic amines) is 1. The molecule has 0 unspecified atom stereocenters. The molecule has 0 spiro atoms. The van der Waals surface area contributed by atoms with Gasteiger partial charge in [0.1, 0.15) is 0 Å². The first-order valence-corrected chi connectivity index (χ1v) is 7.25. The van der Waals surface area contributed by atoms with Crippen molar-refractivity contribution in [3.8, 4) is 0 Å². The summed E-state index contributed by atoms with van der Waals surface area (Å²) in [7, 11) is 4.11. The van der Waals surface area contributed by atoms with Gasteiger partial charge < -0.3 is 10.2 Å².